The molecule has 0 saturated carbocycles. The lowest BCUT2D eigenvalue weighted by molar-refractivity contribution is 0.0699. The molecule has 78 valence electrons. The van der Waals surface area contributed by atoms with E-state index in [0.29, 0.717) is 5.56 Å². The van der Waals surface area contributed by atoms with Crippen molar-refractivity contribution in [1.82, 2.24) is 9.61 Å². The molecule has 3 rings (SSSR count). The zero-order chi connectivity index (χ0) is 11.1. The van der Waals surface area contributed by atoms with Gasteiger partial charge in [0.15, 0.2) is 0 Å². The Kier molecular flexibility index (Phi) is 1.71. The van der Waals surface area contributed by atoms with Gasteiger partial charge in [-0.2, -0.15) is 5.10 Å². The standard InChI is InChI=1S/C12H8N2O2/c15-12(16)10-3-1-2-9-8(10)5-7-14-11(9)4-6-13-14/h1-7H,(H,15,16). The quantitative estimate of drug-likeness (QED) is 0.672. The average Bonchev–Trinajstić information content (AvgIpc) is 2.76. The molecule has 0 spiro atoms. The van der Waals surface area contributed by atoms with Crippen LogP contribution in [-0.2, 0) is 0 Å². The minimum absolute atomic E-state index is 0.321. The summed E-state index contributed by atoms with van der Waals surface area (Å²) in [4.78, 5) is 11.1. The van der Waals surface area contributed by atoms with E-state index in [4.69, 9.17) is 5.11 Å². The average molecular weight is 212 g/mol. The van der Waals surface area contributed by atoms with Gasteiger partial charge in [0.25, 0.3) is 0 Å². The molecule has 3 aromatic rings. The summed E-state index contributed by atoms with van der Waals surface area (Å²) < 4.78 is 1.73. The van der Waals surface area contributed by atoms with E-state index in [1.54, 1.807) is 35.1 Å². The number of carboxylic acids is 1. The van der Waals surface area contributed by atoms with E-state index in [0.717, 1.165) is 16.3 Å². The lowest BCUT2D eigenvalue weighted by Gasteiger charge is -2.03. The second kappa shape index (κ2) is 3.06. The van der Waals surface area contributed by atoms with Crippen molar-refractivity contribution >= 4 is 22.3 Å². The Morgan fingerprint density at radius 1 is 1.19 bits per heavy atom. The van der Waals surface area contributed by atoms with Crippen LogP contribution in [0.2, 0.25) is 0 Å². The van der Waals surface area contributed by atoms with Crippen LogP contribution in [0, 0.1) is 0 Å². The highest BCUT2D eigenvalue weighted by atomic mass is 16.4. The normalized spacial score (nSPS) is 11.0. The summed E-state index contributed by atoms with van der Waals surface area (Å²) in [5, 5.41) is 14.8. The molecule has 2 aromatic heterocycles. The summed E-state index contributed by atoms with van der Waals surface area (Å²) >= 11 is 0. The first-order valence-electron chi connectivity index (χ1n) is 4.86. The number of aromatic carboxylic acids is 1. The van der Waals surface area contributed by atoms with Gasteiger partial charge >= 0.3 is 5.97 Å². The van der Waals surface area contributed by atoms with Gasteiger partial charge in [0.2, 0.25) is 0 Å². The van der Waals surface area contributed by atoms with Gasteiger partial charge in [-0.1, -0.05) is 12.1 Å². The molecule has 0 atom stereocenters. The third-order valence-corrected chi connectivity index (χ3v) is 2.67. The van der Waals surface area contributed by atoms with Gasteiger partial charge in [0.05, 0.1) is 11.1 Å². The first-order valence-corrected chi connectivity index (χ1v) is 4.86. The number of carboxylic acid groups (broad SMARTS) is 1. The zero-order valence-electron chi connectivity index (χ0n) is 8.29. The molecule has 0 fully saturated rings. The van der Waals surface area contributed by atoms with Crippen LogP contribution in [-0.4, -0.2) is 20.7 Å². The Bertz CT molecular complexity index is 700. The number of rotatable bonds is 1. The van der Waals surface area contributed by atoms with Gasteiger partial charge in [0.1, 0.15) is 0 Å². The van der Waals surface area contributed by atoms with Crippen LogP contribution in [0.1, 0.15) is 10.4 Å². The molecule has 0 aliphatic rings. The predicted octanol–water partition coefficient (Wildman–Crippen LogP) is 2.19. The van der Waals surface area contributed by atoms with Crippen LogP contribution in [0.25, 0.3) is 16.3 Å². The van der Waals surface area contributed by atoms with E-state index in [2.05, 4.69) is 5.10 Å². The highest BCUT2D eigenvalue weighted by Crippen LogP contribution is 2.22. The first-order chi connectivity index (χ1) is 7.77. The number of carbonyl (C=O) groups is 1. The minimum Gasteiger partial charge on any atom is -0.478 e. The van der Waals surface area contributed by atoms with Crippen LogP contribution < -0.4 is 0 Å². The van der Waals surface area contributed by atoms with Crippen molar-refractivity contribution in [3.8, 4) is 0 Å². The van der Waals surface area contributed by atoms with Crippen molar-refractivity contribution in [3.05, 3.63) is 48.3 Å². The summed E-state index contributed by atoms with van der Waals surface area (Å²) in [6, 6.07) is 8.90. The van der Waals surface area contributed by atoms with Gasteiger partial charge in [-0.3, -0.25) is 0 Å². The number of hydrogen-bond acceptors (Lipinski definition) is 2. The molecule has 0 radical (unpaired) electrons. The molecule has 4 heteroatoms. The number of aromatic nitrogens is 2. The first kappa shape index (κ1) is 8.91. The maximum absolute atomic E-state index is 11.1. The van der Waals surface area contributed by atoms with Crippen LogP contribution in [0.5, 0.6) is 0 Å². The van der Waals surface area contributed by atoms with Gasteiger partial charge in [-0.05, 0) is 23.6 Å². The van der Waals surface area contributed by atoms with Crippen LogP contribution in [0.3, 0.4) is 0 Å². The second-order valence-electron chi connectivity index (χ2n) is 3.55. The molecule has 1 aromatic carbocycles. The predicted molar refractivity (Wildman–Crippen MR) is 59.7 cm³/mol. The summed E-state index contributed by atoms with van der Waals surface area (Å²) in [6.45, 7) is 0. The van der Waals surface area contributed by atoms with Crippen molar-refractivity contribution in [1.29, 1.82) is 0 Å². The lowest BCUT2D eigenvalue weighted by atomic mass is 10.1. The number of hydrogen-bond donors (Lipinski definition) is 1. The Morgan fingerprint density at radius 2 is 2.06 bits per heavy atom. The number of pyridine rings is 1. The van der Waals surface area contributed by atoms with Crippen molar-refractivity contribution in [2.24, 2.45) is 0 Å². The van der Waals surface area contributed by atoms with E-state index in [-0.39, 0.29) is 0 Å². The molecule has 0 aliphatic carbocycles. The number of benzene rings is 1. The van der Waals surface area contributed by atoms with Crippen molar-refractivity contribution in [2.45, 2.75) is 0 Å². The van der Waals surface area contributed by atoms with Crippen LogP contribution >= 0.6 is 0 Å². The Morgan fingerprint density at radius 3 is 2.88 bits per heavy atom. The third-order valence-electron chi connectivity index (χ3n) is 2.67. The van der Waals surface area contributed by atoms with E-state index < -0.39 is 5.97 Å². The molecule has 1 N–H and O–H groups in total. The van der Waals surface area contributed by atoms with Crippen molar-refractivity contribution in [2.75, 3.05) is 0 Å². The smallest absolute Gasteiger partial charge is 0.336 e. The fraction of sp³-hybridized carbons (Fsp3) is 0. The summed E-state index contributed by atoms with van der Waals surface area (Å²) in [5.41, 5.74) is 1.24. The topological polar surface area (TPSA) is 54.6 Å². The zero-order valence-corrected chi connectivity index (χ0v) is 8.29. The van der Waals surface area contributed by atoms with Crippen LogP contribution in [0.4, 0.5) is 0 Å². The summed E-state index contributed by atoms with van der Waals surface area (Å²) in [5.74, 6) is -0.908. The third kappa shape index (κ3) is 1.10. The van der Waals surface area contributed by atoms with Gasteiger partial charge in [-0.25, -0.2) is 9.31 Å². The van der Waals surface area contributed by atoms with Crippen LogP contribution in [0.15, 0.2) is 42.7 Å². The molecule has 4 nitrogen and oxygen atoms in total. The highest BCUT2D eigenvalue weighted by Gasteiger charge is 2.09. The molecular weight excluding hydrogens is 204 g/mol. The maximum atomic E-state index is 11.1. The maximum Gasteiger partial charge on any atom is 0.336 e. The SMILES string of the molecule is O=C(O)c1cccc2c1ccn1nccc21. The second-order valence-corrected chi connectivity index (χ2v) is 3.55. The molecule has 2 heterocycles. The fourth-order valence-electron chi connectivity index (χ4n) is 1.95. The van der Waals surface area contributed by atoms with Gasteiger partial charge in [-0.15, -0.1) is 0 Å². The lowest BCUT2D eigenvalue weighted by Crippen LogP contribution is -1.98. The van der Waals surface area contributed by atoms with E-state index >= 15 is 0 Å². The summed E-state index contributed by atoms with van der Waals surface area (Å²) in [6.07, 6.45) is 3.46. The molecular formula is C12H8N2O2. The molecule has 0 aliphatic heterocycles. The van der Waals surface area contributed by atoms with E-state index in [1.165, 1.54) is 0 Å². The largest absolute Gasteiger partial charge is 0.478 e. The Balaban J connectivity index is 2.53. The monoisotopic (exact) mass is 212 g/mol. The van der Waals surface area contributed by atoms with E-state index in [1.807, 2.05) is 12.1 Å². The number of fused-ring (bicyclic) bond motifs is 3. The Hall–Kier alpha value is -2.36. The number of nitrogens with zero attached hydrogens (tertiary/aromatic N) is 2. The summed E-state index contributed by atoms with van der Waals surface area (Å²) in [7, 11) is 0. The Labute approximate surface area is 90.7 Å². The van der Waals surface area contributed by atoms with E-state index in [9.17, 15) is 4.79 Å². The molecule has 0 unspecified atom stereocenters. The minimum atomic E-state index is -0.908. The van der Waals surface area contributed by atoms with Crippen molar-refractivity contribution in [3.63, 3.8) is 0 Å². The molecule has 16 heavy (non-hydrogen) atoms. The van der Waals surface area contributed by atoms with Crippen molar-refractivity contribution < 1.29 is 9.90 Å². The van der Waals surface area contributed by atoms with Gasteiger partial charge < -0.3 is 5.11 Å². The molecule has 0 amide bonds. The molecule has 0 saturated heterocycles. The van der Waals surface area contributed by atoms with Gasteiger partial charge in [0, 0.05) is 17.8 Å². The molecule has 0 bridgehead atoms. The fourth-order valence-corrected chi connectivity index (χ4v) is 1.95. The highest BCUT2D eigenvalue weighted by molar-refractivity contribution is 6.07.